The Morgan fingerprint density at radius 1 is 1.42 bits per heavy atom. The van der Waals surface area contributed by atoms with Crippen molar-refractivity contribution in [1.29, 1.82) is 0 Å². The Morgan fingerprint density at radius 2 is 2.00 bits per heavy atom. The molecule has 3 N–H and O–H groups in total. The zero-order valence-electron chi connectivity index (χ0n) is 5.84. The molecule has 5 heteroatoms. The molecule has 0 aliphatic carbocycles. The molecule has 0 radical (unpaired) electrons. The predicted octanol–water partition coefficient (Wildman–Crippen LogP) is 2.49. The van der Waals surface area contributed by atoms with Gasteiger partial charge in [0.2, 0.25) is 0 Å². The number of nitrogens with two attached hydrogens (primary N) is 1. The minimum atomic E-state index is -0.999. The number of benzene rings is 1. The van der Waals surface area contributed by atoms with E-state index in [0.717, 1.165) is 0 Å². The van der Waals surface area contributed by atoms with Crippen LogP contribution in [-0.2, 0) is 0 Å². The molecule has 0 atom stereocenters. The number of hydrogen-bond donors (Lipinski definition) is 2. The number of carboxylic acids is 1. The van der Waals surface area contributed by atoms with Crippen LogP contribution in [0.5, 0.6) is 0 Å². The Kier molecular flexibility index (Phi) is 2.74. The molecule has 1 aromatic rings. The van der Waals surface area contributed by atoms with Gasteiger partial charge in [-0.1, -0.05) is 0 Å². The Bertz CT molecular complexity index is 338. The summed E-state index contributed by atoms with van der Waals surface area (Å²) in [5, 5.41) is 8.68. The summed E-state index contributed by atoms with van der Waals surface area (Å²) < 4.78 is 1.09. The fourth-order valence-corrected chi connectivity index (χ4v) is 1.85. The predicted molar refractivity (Wildman–Crippen MR) is 53.2 cm³/mol. The lowest BCUT2D eigenvalue weighted by Crippen LogP contribution is -2.00. The second-order valence-corrected chi connectivity index (χ2v) is 3.78. The van der Waals surface area contributed by atoms with Crippen LogP contribution in [0.4, 0.5) is 5.69 Å². The third-order valence-corrected chi connectivity index (χ3v) is 2.90. The lowest BCUT2D eigenvalue weighted by atomic mass is 10.2. The Hall–Kier alpha value is -0.550. The van der Waals surface area contributed by atoms with Gasteiger partial charge < -0.3 is 10.8 Å². The van der Waals surface area contributed by atoms with E-state index in [2.05, 4.69) is 31.9 Å². The van der Waals surface area contributed by atoms with E-state index in [1.54, 1.807) is 6.07 Å². The van der Waals surface area contributed by atoms with Crippen molar-refractivity contribution in [3.8, 4) is 0 Å². The third kappa shape index (κ3) is 1.61. The fraction of sp³-hybridized carbons (Fsp3) is 0. The standard InChI is InChI=1S/C7H5Br2NO2/c8-4-2-1-3(7(11)12)5(9)6(4)10/h1-2H,10H2,(H,11,12). The highest BCUT2D eigenvalue weighted by molar-refractivity contribution is 9.11. The fourth-order valence-electron chi connectivity index (χ4n) is 0.735. The van der Waals surface area contributed by atoms with E-state index in [1.807, 2.05) is 0 Å². The van der Waals surface area contributed by atoms with Crippen LogP contribution in [0.3, 0.4) is 0 Å². The smallest absolute Gasteiger partial charge is 0.336 e. The number of aromatic carboxylic acids is 1. The molecule has 12 heavy (non-hydrogen) atoms. The molecule has 0 aliphatic heterocycles. The lowest BCUT2D eigenvalue weighted by molar-refractivity contribution is 0.0696. The lowest BCUT2D eigenvalue weighted by Gasteiger charge is -2.03. The maximum Gasteiger partial charge on any atom is 0.336 e. The Balaban J connectivity index is 3.36. The average molecular weight is 295 g/mol. The van der Waals surface area contributed by atoms with Gasteiger partial charge in [-0.25, -0.2) is 4.79 Å². The SMILES string of the molecule is Nc1c(Br)ccc(C(=O)O)c1Br. The summed E-state index contributed by atoms with van der Waals surface area (Å²) in [5.74, 6) is -0.999. The van der Waals surface area contributed by atoms with Crippen molar-refractivity contribution in [2.45, 2.75) is 0 Å². The molecule has 0 fully saturated rings. The Labute approximate surface area is 85.8 Å². The van der Waals surface area contributed by atoms with Crippen LogP contribution < -0.4 is 5.73 Å². The second kappa shape index (κ2) is 3.45. The molecule has 64 valence electrons. The number of carbonyl (C=O) groups is 1. The molecule has 0 saturated carbocycles. The molecule has 0 aliphatic rings. The van der Waals surface area contributed by atoms with Crippen LogP contribution in [0.15, 0.2) is 21.1 Å². The van der Waals surface area contributed by atoms with Gasteiger partial charge in [0, 0.05) is 4.47 Å². The number of carboxylic acid groups (broad SMARTS) is 1. The van der Waals surface area contributed by atoms with Crippen molar-refractivity contribution in [3.63, 3.8) is 0 Å². The molecule has 1 rings (SSSR count). The van der Waals surface area contributed by atoms with E-state index in [9.17, 15) is 4.79 Å². The van der Waals surface area contributed by atoms with Gasteiger partial charge in [0.25, 0.3) is 0 Å². The van der Waals surface area contributed by atoms with Gasteiger partial charge in [0.05, 0.1) is 15.7 Å². The number of halogens is 2. The van der Waals surface area contributed by atoms with E-state index in [4.69, 9.17) is 10.8 Å². The highest BCUT2D eigenvalue weighted by atomic mass is 79.9. The van der Waals surface area contributed by atoms with E-state index in [0.29, 0.717) is 14.6 Å². The van der Waals surface area contributed by atoms with Crippen molar-refractivity contribution < 1.29 is 9.90 Å². The summed E-state index contributed by atoms with van der Waals surface area (Å²) in [4.78, 5) is 10.6. The first kappa shape index (κ1) is 9.54. The van der Waals surface area contributed by atoms with Crippen LogP contribution in [0.1, 0.15) is 10.4 Å². The van der Waals surface area contributed by atoms with E-state index in [-0.39, 0.29) is 5.56 Å². The first-order valence-corrected chi connectivity index (χ1v) is 4.59. The number of hydrogen-bond acceptors (Lipinski definition) is 2. The van der Waals surface area contributed by atoms with Crippen molar-refractivity contribution in [1.82, 2.24) is 0 Å². The van der Waals surface area contributed by atoms with E-state index in [1.165, 1.54) is 6.07 Å². The van der Waals surface area contributed by atoms with Gasteiger partial charge in [-0.2, -0.15) is 0 Å². The molecular weight excluding hydrogens is 290 g/mol. The monoisotopic (exact) mass is 293 g/mol. The summed E-state index contributed by atoms with van der Waals surface area (Å²) in [6.45, 7) is 0. The molecule has 0 saturated heterocycles. The normalized spacial score (nSPS) is 9.83. The van der Waals surface area contributed by atoms with Gasteiger partial charge >= 0.3 is 5.97 Å². The van der Waals surface area contributed by atoms with Gasteiger partial charge in [-0.3, -0.25) is 0 Å². The highest BCUT2D eigenvalue weighted by Gasteiger charge is 2.11. The number of anilines is 1. The molecule has 0 unspecified atom stereocenters. The molecular formula is C7H5Br2NO2. The van der Waals surface area contributed by atoms with Gasteiger partial charge in [-0.05, 0) is 44.0 Å². The summed E-state index contributed by atoms with van der Waals surface area (Å²) in [6.07, 6.45) is 0. The van der Waals surface area contributed by atoms with Gasteiger partial charge in [-0.15, -0.1) is 0 Å². The summed E-state index contributed by atoms with van der Waals surface area (Å²) >= 11 is 6.28. The quantitative estimate of drug-likeness (QED) is 0.782. The van der Waals surface area contributed by atoms with E-state index >= 15 is 0 Å². The first-order chi connectivity index (χ1) is 5.54. The summed E-state index contributed by atoms with van der Waals surface area (Å²) in [7, 11) is 0. The number of rotatable bonds is 1. The van der Waals surface area contributed by atoms with Crippen molar-refractivity contribution in [3.05, 3.63) is 26.6 Å². The highest BCUT2D eigenvalue weighted by Crippen LogP contribution is 2.30. The van der Waals surface area contributed by atoms with Gasteiger partial charge in [0.1, 0.15) is 0 Å². The number of nitrogen functional groups attached to an aromatic ring is 1. The first-order valence-electron chi connectivity index (χ1n) is 3.01. The minimum absolute atomic E-state index is 0.163. The molecule has 0 bridgehead atoms. The maximum absolute atomic E-state index is 10.6. The van der Waals surface area contributed by atoms with Crippen molar-refractivity contribution in [2.24, 2.45) is 0 Å². The minimum Gasteiger partial charge on any atom is -0.478 e. The van der Waals surface area contributed by atoms with Crippen LogP contribution >= 0.6 is 31.9 Å². The summed E-state index contributed by atoms with van der Waals surface area (Å²) in [5.41, 5.74) is 6.12. The van der Waals surface area contributed by atoms with Crippen LogP contribution in [0, 0.1) is 0 Å². The summed E-state index contributed by atoms with van der Waals surface area (Å²) in [6, 6.07) is 3.08. The molecule has 0 amide bonds. The average Bonchev–Trinajstić information content (AvgIpc) is 2.00. The molecule has 0 heterocycles. The Morgan fingerprint density at radius 3 is 2.50 bits per heavy atom. The molecule has 0 spiro atoms. The largest absolute Gasteiger partial charge is 0.478 e. The van der Waals surface area contributed by atoms with Gasteiger partial charge in [0.15, 0.2) is 0 Å². The maximum atomic E-state index is 10.6. The van der Waals surface area contributed by atoms with E-state index < -0.39 is 5.97 Å². The second-order valence-electron chi connectivity index (χ2n) is 2.13. The zero-order chi connectivity index (χ0) is 9.30. The van der Waals surface area contributed by atoms with Crippen molar-refractivity contribution >= 4 is 43.5 Å². The molecule has 3 nitrogen and oxygen atoms in total. The van der Waals surface area contributed by atoms with Crippen LogP contribution in [0.25, 0.3) is 0 Å². The zero-order valence-corrected chi connectivity index (χ0v) is 9.02. The third-order valence-electron chi connectivity index (χ3n) is 1.36. The topological polar surface area (TPSA) is 63.3 Å². The molecule has 0 aromatic heterocycles. The van der Waals surface area contributed by atoms with Crippen LogP contribution in [-0.4, -0.2) is 11.1 Å². The molecule has 1 aromatic carbocycles. The van der Waals surface area contributed by atoms with Crippen LogP contribution in [0.2, 0.25) is 0 Å². The van der Waals surface area contributed by atoms with Crippen molar-refractivity contribution in [2.75, 3.05) is 5.73 Å².